The van der Waals surface area contributed by atoms with Crippen LogP contribution in [-0.4, -0.2) is 16.8 Å². The Labute approximate surface area is 103 Å². The second-order valence-electron chi connectivity index (χ2n) is 4.96. The number of allylic oxidation sites excluding steroid dienone is 1. The van der Waals surface area contributed by atoms with Crippen molar-refractivity contribution in [2.45, 2.75) is 33.4 Å². The highest BCUT2D eigenvalue weighted by Crippen LogP contribution is 2.28. The Balaban J connectivity index is 2.05. The van der Waals surface area contributed by atoms with Crippen LogP contribution in [0.5, 0.6) is 0 Å². The molecular weight excluding hydrogens is 210 g/mol. The van der Waals surface area contributed by atoms with Gasteiger partial charge in [0.05, 0.1) is 6.04 Å². The molecule has 1 aliphatic rings. The van der Waals surface area contributed by atoms with Crippen LogP contribution in [0, 0.1) is 5.92 Å². The summed E-state index contributed by atoms with van der Waals surface area (Å²) < 4.78 is 0. The van der Waals surface area contributed by atoms with Crippen LogP contribution in [0.25, 0.3) is 0 Å². The zero-order chi connectivity index (χ0) is 12.4. The maximum Gasteiger partial charge on any atom is 0.252 e. The molecule has 90 valence electrons. The van der Waals surface area contributed by atoms with Gasteiger partial charge in [-0.3, -0.25) is 4.79 Å². The van der Waals surface area contributed by atoms with E-state index in [9.17, 15) is 4.79 Å². The van der Waals surface area contributed by atoms with Gasteiger partial charge >= 0.3 is 0 Å². The van der Waals surface area contributed by atoms with Gasteiger partial charge in [0.2, 0.25) is 0 Å². The van der Waals surface area contributed by atoms with Crippen molar-refractivity contribution in [3.63, 3.8) is 0 Å². The molecule has 1 atom stereocenters. The van der Waals surface area contributed by atoms with E-state index in [1.54, 1.807) is 0 Å². The van der Waals surface area contributed by atoms with Crippen molar-refractivity contribution >= 4 is 5.91 Å². The number of hydrogen-bond donors (Lipinski definition) is 0. The van der Waals surface area contributed by atoms with Crippen molar-refractivity contribution in [1.82, 2.24) is 4.90 Å². The van der Waals surface area contributed by atoms with Gasteiger partial charge in [-0.05, 0) is 18.4 Å². The summed E-state index contributed by atoms with van der Waals surface area (Å²) in [6, 6.07) is 10.4. The highest BCUT2D eigenvalue weighted by Gasteiger charge is 2.38. The molecule has 1 heterocycles. The molecule has 2 heteroatoms. The van der Waals surface area contributed by atoms with Gasteiger partial charge in [-0.2, -0.15) is 0 Å². The SMILES string of the molecule is CC(C)/C=C1\C(=O)N(Cc2ccccc2)[C@H]1C. The van der Waals surface area contributed by atoms with Crippen molar-refractivity contribution in [3.8, 4) is 0 Å². The average Bonchev–Trinajstić information content (AvgIpc) is 2.34. The fraction of sp³-hybridized carbons (Fsp3) is 0.400. The first-order valence-corrected chi connectivity index (χ1v) is 6.16. The molecule has 2 rings (SSSR count). The number of β-lactam (4-membered cyclic amide) rings is 1. The molecular formula is C15H19NO. The van der Waals surface area contributed by atoms with E-state index in [-0.39, 0.29) is 11.9 Å². The topological polar surface area (TPSA) is 20.3 Å². The summed E-state index contributed by atoms with van der Waals surface area (Å²) in [5.41, 5.74) is 2.16. The Morgan fingerprint density at radius 2 is 1.94 bits per heavy atom. The fourth-order valence-electron chi connectivity index (χ4n) is 2.18. The Bertz CT molecular complexity index is 433. The van der Waals surface area contributed by atoms with Gasteiger partial charge in [0, 0.05) is 12.1 Å². The molecule has 0 aliphatic carbocycles. The van der Waals surface area contributed by atoms with Crippen molar-refractivity contribution in [2.24, 2.45) is 5.92 Å². The fourth-order valence-corrected chi connectivity index (χ4v) is 2.18. The van der Waals surface area contributed by atoms with Crippen LogP contribution in [0.15, 0.2) is 42.0 Å². The van der Waals surface area contributed by atoms with Crippen molar-refractivity contribution in [3.05, 3.63) is 47.5 Å². The molecule has 1 aromatic carbocycles. The van der Waals surface area contributed by atoms with Crippen LogP contribution in [0.1, 0.15) is 26.3 Å². The molecule has 1 amide bonds. The second kappa shape index (κ2) is 4.74. The van der Waals surface area contributed by atoms with Crippen LogP contribution in [0.4, 0.5) is 0 Å². The zero-order valence-corrected chi connectivity index (χ0v) is 10.7. The Morgan fingerprint density at radius 3 is 2.47 bits per heavy atom. The first kappa shape index (κ1) is 11.9. The maximum absolute atomic E-state index is 12.0. The minimum atomic E-state index is 0.190. The third-order valence-electron chi connectivity index (χ3n) is 3.13. The molecule has 0 aromatic heterocycles. The molecule has 0 spiro atoms. The van der Waals surface area contributed by atoms with Gasteiger partial charge in [0.15, 0.2) is 0 Å². The van der Waals surface area contributed by atoms with Crippen molar-refractivity contribution < 1.29 is 4.79 Å². The summed E-state index contributed by atoms with van der Waals surface area (Å²) in [6.07, 6.45) is 2.08. The van der Waals surface area contributed by atoms with Gasteiger partial charge in [0.25, 0.3) is 5.91 Å². The van der Waals surface area contributed by atoms with Crippen LogP contribution >= 0.6 is 0 Å². The van der Waals surface area contributed by atoms with Gasteiger partial charge in [-0.1, -0.05) is 50.3 Å². The molecule has 0 N–H and O–H groups in total. The number of amides is 1. The Hall–Kier alpha value is -1.57. The quantitative estimate of drug-likeness (QED) is 0.576. The molecule has 0 saturated carbocycles. The number of carbonyl (C=O) groups is 1. The standard InChI is InChI=1S/C15H19NO/c1-11(2)9-14-12(3)16(15(14)17)10-13-7-5-4-6-8-13/h4-9,11-12H,10H2,1-3H3/b14-9-/t12-/m0/s1. The molecule has 1 aromatic rings. The lowest BCUT2D eigenvalue weighted by Gasteiger charge is -2.41. The van der Waals surface area contributed by atoms with E-state index in [2.05, 4.69) is 39.0 Å². The number of likely N-dealkylation sites (tertiary alicyclic amines) is 1. The molecule has 17 heavy (non-hydrogen) atoms. The predicted octanol–water partition coefficient (Wildman–Crippen LogP) is 3.00. The monoisotopic (exact) mass is 229 g/mol. The number of rotatable bonds is 3. The minimum Gasteiger partial charge on any atom is -0.328 e. The molecule has 1 saturated heterocycles. The second-order valence-corrected chi connectivity index (χ2v) is 4.96. The number of benzene rings is 1. The summed E-state index contributed by atoms with van der Waals surface area (Å²) in [5.74, 6) is 0.630. The summed E-state index contributed by atoms with van der Waals surface area (Å²) in [4.78, 5) is 13.9. The van der Waals surface area contributed by atoms with Crippen LogP contribution in [0.2, 0.25) is 0 Å². The highest BCUT2D eigenvalue weighted by atomic mass is 16.2. The van der Waals surface area contributed by atoms with Crippen molar-refractivity contribution in [2.75, 3.05) is 0 Å². The molecule has 0 radical (unpaired) electrons. The number of hydrogen-bond acceptors (Lipinski definition) is 1. The van der Waals surface area contributed by atoms with Crippen LogP contribution in [0.3, 0.4) is 0 Å². The molecule has 1 aliphatic heterocycles. The first-order valence-electron chi connectivity index (χ1n) is 6.16. The molecule has 0 bridgehead atoms. The van der Waals surface area contributed by atoms with E-state index in [4.69, 9.17) is 0 Å². The summed E-state index contributed by atoms with van der Waals surface area (Å²) in [5, 5.41) is 0. The lowest BCUT2D eigenvalue weighted by Crippen LogP contribution is -2.52. The van der Waals surface area contributed by atoms with E-state index in [1.165, 1.54) is 5.56 Å². The van der Waals surface area contributed by atoms with Gasteiger partial charge < -0.3 is 4.90 Å². The lowest BCUT2D eigenvalue weighted by molar-refractivity contribution is -0.137. The normalized spacial score (nSPS) is 22.1. The van der Waals surface area contributed by atoms with E-state index in [1.807, 2.05) is 23.1 Å². The average molecular weight is 229 g/mol. The first-order chi connectivity index (χ1) is 8.09. The molecule has 2 nitrogen and oxygen atoms in total. The Kier molecular flexibility index (Phi) is 3.32. The van der Waals surface area contributed by atoms with E-state index in [0.717, 1.165) is 12.1 Å². The Morgan fingerprint density at radius 1 is 1.29 bits per heavy atom. The summed E-state index contributed by atoms with van der Waals surface area (Å²) >= 11 is 0. The molecule has 0 unspecified atom stereocenters. The van der Waals surface area contributed by atoms with Crippen molar-refractivity contribution in [1.29, 1.82) is 0 Å². The predicted molar refractivity (Wildman–Crippen MR) is 69.4 cm³/mol. The smallest absolute Gasteiger partial charge is 0.252 e. The third-order valence-corrected chi connectivity index (χ3v) is 3.13. The van der Waals surface area contributed by atoms with E-state index >= 15 is 0 Å². The van der Waals surface area contributed by atoms with E-state index < -0.39 is 0 Å². The third kappa shape index (κ3) is 2.41. The number of nitrogens with zero attached hydrogens (tertiary/aromatic N) is 1. The summed E-state index contributed by atoms with van der Waals surface area (Å²) in [7, 11) is 0. The van der Waals surface area contributed by atoms with Gasteiger partial charge in [-0.15, -0.1) is 0 Å². The maximum atomic E-state index is 12.0. The largest absolute Gasteiger partial charge is 0.328 e. The van der Waals surface area contributed by atoms with Crippen LogP contribution in [-0.2, 0) is 11.3 Å². The number of carbonyl (C=O) groups excluding carboxylic acids is 1. The lowest BCUT2D eigenvalue weighted by atomic mass is 9.92. The van der Waals surface area contributed by atoms with Gasteiger partial charge in [-0.25, -0.2) is 0 Å². The van der Waals surface area contributed by atoms with Gasteiger partial charge in [0.1, 0.15) is 0 Å². The zero-order valence-electron chi connectivity index (χ0n) is 10.7. The minimum absolute atomic E-state index is 0.190. The highest BCUT2D eigenvalue weighted by molar-refractivity contribution is 6.01. The van der Waals surface area contributed by atoms with Crippen LogP contribution < -0.4 is 0 Å². The summed E-state index contributed by atoms with van der Waals surface area (Å²) in [6.45, 7) is 7.02. The van der Waals surface area contributed by atoms with E-state index in [0.29, 0.717) is 5.92 Å². The molecule has 1 fully saturated rings.